The van der Waals surface area contributed by atoms with Gasteiger partial charge in [-0.15, -0.1) is 0 Å². The van der Waals surface area contributed by atoms with E-state index >= 15 is 0 Å². The number of fused-ring (bicyclic) bond motifs is 1. The van der Waals surface area contributed by atoms with E-state index in [1.165, 1.54) is 5.70 Å². The Hall–Kier alpha value is -1.70. The van der Waals surface area contributed by atoms with Crippen molar-refractivity contribution in [3.05, 3.63) is 35.2 Å². The third-order valence-corrected chi connectivity index (χ3v) is 9.34. The fourth-order valence-electron chi connectivity index (χ4n) is 5.45. The van der Waals surface area contributed by atoms with Crippen molar-refractivity contribution in [1.29, 1.82) is 0 Å². The second kappa shape index (κ2) is 9.65. The predicted octanol–water partition coefficient (Wildman–Crippen LogP) is 3.78. The number of hydrogen-bond acceptors (Lipinski definition) is 4. The second-order valence-electron chi connectivity index (χ2n) is 9.92. The van der Waals surface area contributed by atoms with Crippen LogP contribution in [0.5, 0.6) is 0 Å². The molecule has 2 heterocycles. The molecule has 2 fully saturated rings. The number of hydrogen-bond donors (Lipinski definition) is 1. The summed E-state index contributed by atoms with van der Waals surface area (Å²) in [6.07, 6.45) is 11.4. The maximum Gasteiger partial charge on any atom is 0.248 e. The number of aromatic nitrogens is 1. The summed E-state index contributed by atoms with van der Waals surface area (Å²) in [4.78, 5) is 9.97. The van der Waals surface area contributed by atoms with Gasteiger partial charge in [-0.2, -0.15) is 0 Å². The van der Waals surface area contributed by atoms with Crippen LogP contribution in [0.1, 0.15) is 64.2 Å². The van der Waals surface area contributed by atoms with E-state index in [1.54, 1.807) is 0 Å². The van der Waals surface area contributed by atoms with Crippen molar-refractivity contribution >= 4 is 15.5 Å². The van der Waals surface area contributed by atoms with E-state index < -0.39 is 15.8 Å². The zero-order valence-corrected chi connectivity index (χ0v) is 19.7. The molecule has 1 N–H and O–H groups in total. The molecule has 8 heteroatoms. The van der Waals surface area contributed by atoms with Crippen molar-refractivity contribution in [2.45, 2.75) is 76.2 Å². The first kappa shape index (κ1) is 23.5. The average Bonchev–Trinajstić information content (AvgIpc) is 3.11. The summed E-state index contributed by atoms with van der Waals surface area (Å²) in [5.41, 5.74) is 2.11. The van der Waals surface area contributed by atoms with Gasteiger partial charge in [0.25, 0.3) is 0 Å². The Morgan fingerprint density at radius 3 is 2.75 bits per heavy atom. The van der Waals surface area contributed by atoms with E-state index in [9.17, 15) is 17.2 Å². The number of halogens is 2. The van der Waals surface area contributed by atoms with E-state index in [2.05, 4.69) is 34.1 Å². The van der Waals surface area contributed by atoms with Crippen molar-refractivity contribution in [1.82, 2.24) is 9.88 Å². The van der Waals surface area contributed by atoms with Gasteiger partial charge in [-0.25, -0.2) is 22.2 Å². The van der Waals surface area contributed by atoms with Crippen LogP contribution in [-0.4, -0.2) is 48.8 Å². The molecule has 0 bridgehead atoms. The van der Waals surface area contributed by atoms with Gasteiger partial charge in [-0.1, -0.05) is 12.5 Å². The highest BCUT2D eigenvalue weighted by molar-refractivity contribution is 7.91. The third-order valence-electron chi connectivity index (χ3n) is 7.38. The molecule has 1 aliphatic heterocycles. The summed E-state index contributed by atoms with van der Waals surface area (Å²) in [7, 11) is -1.13. The minimum Gasteiger partial charge on any atom is -0.374 e. The van der Waals surface area contributed by atoms with Gasteiger partial charge >= 0.3 is 0 Å². The molecular formula is C24H35F2N3O2S. The van der Waals surface area contributed by atoms with Crippen molar-refractivity contribution < 1.29 is 17.2 Å². The zero-order valence-electron chi connectivity index (χ0n) is 18.9. The van der Waals surface area contributed by atoms with Crippen molar-refractivity contribution in [2.24, 2.45) is 16.8 Å². The van der Waals surface area contributed by atoms with Gasteiger partial charge in [-0.05, 0) is 62.8 Å². The first-order valence-electron chi connectivity index (χ1n) is 11.9. The van der Waals surface area contributed by atoms with Crippen molar-refractivity contribution in [3.8, 4) is 0 Å². The van der Waals surface area contributed by atoms with Gasteiger partial charge in [0.05, 0.1) is 11.5 Å². The number of sulfone groups is 1. The molecule has 32 heavy (non-hydrogen) atoms. The lowest BCUT2D eigenvalue weighted by molar-refractivity contribution is -0.0281. The topological polar surface area (TPSA) is 65.5 Å². The third kappa shape index (κ3) is 5.80. The average molecular weight is 468 g/mol. The number of H-pyrrole nitrogens is 1. The molecular weight excluding hydrogens is 432 g/mol. The van der Waals surface area contributed by atoms with Gasteiger partial charge in [0.15, 0.2) is 9.84 Å². The highest BCUT2D eigenvalue weighted by Crippen LogP contribution is 2.37. The molecule has 0 amide bonds. The lowest BCUT2D eigenvalue weighted by Crippen LogP contribution is -2.46. The van der Waals surface area contributed by atoms with Crippen LogP contribution in [0.4, 0.5) is 8.78 Å². The Morgan fingerprint density at radius 1 is 1.16 bits per heavy atom. The smallest absolute Gasteiger partial charge is 0.248 e. The van der Waals surface area contributed by atoms with E-state index in [-0.39, 0.29) is 36.2 Å². The van der Waals surface area contributed by atoms with Crippen LogP contribution in [0.2, 0.25) is 0 Å². The zero-order chi connectivity index (χ0) is 22.8. The lowest BCUT2D eigenvalue weighted by Gasteiger charge is -2.43. The fourth-order valence-corrected chi connectivity index (χ4v) is 7.63. The minimum atomic E-state index is -3.23. The number of aromatic amines is 1. The van der Waals surface area contributed by atoms with E-state index in [1.807, 2.05) is 12.4 Å². The number of alkyl halides is 2. The molecule has 2 aliphatic carbocycles. The van der Waals surface area contributed by atoms with Crippen LogP contribution < -0.4 is 10.7 Å². The molecule has 1 atom stereocenters. The maximum absolute atomic E-state index is 13.7. The van der Waals surface area contributed by atoms with Crippen LogP contribution in [-0.2, 0) is 9.84 Å². The molecule has 2 saturated carbocycles. The minimum absolute atomic E-state index is 0.0584. The van der Waals surface area contributed by atoms with Crippen molar-refractivity contribution in [3.63, 3.8) is 0 Å². The van der Waals surface area contributed by atoms with E-state index in [0.29, 0.717) is 25.3 Å². The Kier molecular flexibility index (Phi) is 7.08. The molecule has 1 unspecified atom stereocenters. The fraction of sp³-hybridized carbons (Fsp3) is 0.708. The first-order chi connectivity index (χ1) is 15.2. The highest BCUT2D eigenvalue weighted by Gasteiger charge is 2.37. The number of rotatable bonds is 6. The number of allylic oxidation sites excluding steroid dienone is 1. The largest absolute Gasteiger partial charge is 0.374 e. The first-order valence-corrected chi connectivity index (χ1v) is 13.7. The quantitative estimate of drug-likeness (QED) is 0.693. The lowest BCUT2D eigenvalue weighted by atomic mass is 9.80. The van der Waals surface area contributed by atoms with Gasteiger partial charge in [0, 0.05) is 49.2 Å². The summed E-state index contributed by atoms with van der Waals surface area (Å²) in [6, 6.07) is 2.39. The van der Waals surface area contributed by atoms with Gasteiger partial charge in [0.1, 0.15) is 5.49 Å². The number of nitrogens with one attached hydrogen (secondary N) is 1. The SMILES string of the molecule is CN(C1=c2cc[nH]c2=NC=CCC1)C1CC(CS(=O)(=O)CC2CCCCC(F)(F)CC2)C1. The molecule has 3 aliphatic rings. The standard InChI is InChI=1S/C24H35F2N3O2S/c1-29(22-7-3-5-12-27-23-21(22)9-13-28-23)20-14-19(15-20)17-32(30,31)16-18-6-2-4-10-24(25,26)11-8-18/h5,9,12-13,18-20H,2-4,6-8,10-11,14-17H2,1H3,(H,27,28). The molecule has 0 spiro atoms. The molecule has 1 aromatic rings. The number of nitrogens with zero attached hydrogens (tertiary/aromatic N) is 2. The van der Waals surface area contributed by atoms with Crippen LogP contribution in [0.25, 0.3) is 5.70 Å². The van der Waals surface area contributed by atoms with E-state index in [4.69, 9.17) is 0 Å². The predicted molar refractivity (Wildman–Crippen MR) is 122 cm³/mol. The van der Waals surface area contributed by atoms with Gasteiger partial charge < -0.3 is 9.88 Å². The molecule has 0 saturated heterocycles. The molecule has 5 nitrogen and oxygen atoms in total. The van der Waals surface area contributed by atoms with Crippen molar-refractivity contribution in [2.75, 3.05) is 18.6 Å². The normalized spacial score (nSPS) is 28.3. The summed E-state index contributed by atoms with van der Waals surface area (Å²) in [5, 5.41) is 1.12. The summed E-state index contributed by atoms with van der Waals surface area (Å²) < 4.78 is 53.1. The Balaban J connectivity index is 1.33. The second-order valence-corrected chi connectivity index (χ2v) is 12.1. The molecule has 0 aromatic carbocycles. The van der Waals surface area contributed by atoms with Crippen LogP contribution in [0, 0.1) is 11.8 Å². The Bertz CT molecular complexity index is 1040. The Labute approximate surface area is 189 Å². The molecule has 1 aromatic heterocycles. The maximum atomic E-state index is 13.7. The van der Waals surface area contributed by atoms with Crippen LogP contribution in [0.3, 0.4) is 0 Å². The highest BCUT2D eigenvalue weighted by atomic mass is 32.2. The van der Waals surface area contributed by atoms with Gasteiger partial charge in [0.2, 0.25) is 5.92 Å². The Morgan fingerprint density at radius 2 is 1.94 bits per heavy atom. The van der Waals surface area contributed by atoms with E-state index in [0.717, 1.165) is 42.8 Å². The van der Waals surface area contributed by atoms with Crippen LogP contribution >= 0.6 is 0 Å². The molecule has 4 rings (SSSR count). The summed E-state index contributed by atoms with van der Waals surface area (Å²) in [6.45, 7) is 0. The summed E-state index contributed by atoms with van der Waals surface area (Å²) >= 11 is 0. The molecule has 0 radical (unpaired) electrons. The molecule has 178 valence electrons. The van der Waals surface area contributed by atoms with Crippen LogP contribution in [0.15, 0.2) is 29.5 Å². The van der Waals surface area contributed by atoms with Gasteiger partial charge in [-0.3, -0.25) is 0 Å². The summed E-state index contributed by atoms with van der Waals surface area (Å²) in [5.74, 6) is -2.35. The monoisotopic (exact) mass is 467 g/mol.